The molecule has 4 aromatic rings. The Hall–Kier alpha value is -3.98. The SMILES string of the molecule is CCN=c1scc(-c2ccc(OC)cc2)n1N=Cc1ccc(-c2cccc([N+](=O)[O-])c2)o1. The zero-order valence-corrected chi connectivity index (χ0v) is 18.3. The van der Waals surface area contributed by atoms with Crippen LogP contribution in [0, 0.1) is 10.1 Å². The van der Waals surface area contributed by atoms with E-state index in [-0.39, 0.29) is 5.69 Å². The topological polar surface area (TPSA) is 95.2 Å². The van der Waals surface area contributed by atoms with Crippen LogP contribution in [0.3, 0.4) is 0 Å². The summed E-state index contributed by atoms with van der Waals surface area (Å²) in [5.41, 5.74) is 2.51. The molecule has 2 aromatic heterocycles. The van der Waals surface area contributed by atoms with Crippen molar-refractivity contribution < 1.29 is 14.1 Å². The predicted octanol–water partition coefficient (Wildman–Crippen LogP) is 5.20. The number of rotatable bonds is 7. The highest BCUT2D eigenvalue weighted by atomic mass is 32.1. The monoisotopic (exact) mass is 448 g/mol. The van der Waals surface area contributed by atoms with Gasteiger partial charge in [-0.3, -0.25) is 15.1 Å². The third kappa shape index (κ3) is 4.52. The average Bonchev–Trinajstić information content (AvgIpc) is 3.45. The Morgan fingerprint density at radius 2 is 1.97 bits per heavy atom. The molecule has 0 amide bonds. The molecule has 9 heteroatoms. The number of nitro benzene ring substituents is 1. The molecule has 0 N–H and O–H groups in total. The van der Waals surface area contributed by atoms with Gasteiger partial charge in [-0.1, -0.05) is 12.1 Å². The molecule has 0 aliphatic heterocycles. The zero-order chi connectivity index (χ0) is 22.5. The highest BCUT2D eigenvalue weighted by Crippen LogP contribution is 2.26. The minimum Gasteiger partial charge on any atom is -0.497 e. The van der Waals surface area contributed by atoms with Crippen LogP contribution in [0.15, 0.2) is 80.6 Å². The summed E-state index contributed by atoms with van der Waals surface area (Å²) < 4.78 is 12.9. The van der Waals surface area contributed by atoms with Crippen LogP contribution >= 0.6 is 11.3 Å². The molecular weight excluding hydrogens is 428 g/mol. The first-order valence-electron chi connectivity index (χ1n) is 9.83. The normalized spacial score (nSPS) is 11.9. The summed E-state index contributed by atoms with van der Waals surface area (Å²) in [4.78, 5) is 15.9. The van der Waals surface area contributed by atoms with E-state index in [1.807, 2.05) is 36.6 Å². The van der Waals surface area contributed by atoms with Crippen LogP contribution in [-0.4, -0.2) is 29.5 Å². The number of hydrogen-bond acceptors (Lipinski definition) is 7. The fourth-order valence-electron chi connectivity index (χ4n) is 3.08. The number of aromatic nitrogens is 1. The molecule has 2 heterocycles. The van der Waals surface area contributed by atoms with Gasteiger partial charge in [-0.25, -0.2) is 4.68 Å². The number of benzene rings is 2. The minimum atomic E-state index is -0.429. The van der Waals surface area contributed by atoms with Crippen LogP contribution in [-0.2, 0) is 0 Å². The van der Waals surface area contributed by atoms with E-state index in [0.717, 1.165) is 21.8 Å². The molecule has 0 radical (unpaired) electrons. The van der Waals surface area contributed by atoms with E-state index in [0.29, 0.717) is 23.6 Å². The second kappa shape index (κ2) is 9.44. The van der Waals surface area contributed by atoms with E-state index in [4.69, 9.17) is 9.15 Å². The Labute approximate surface area is 187 Å². The first kappa shape index (κ1) is 21.3. The second-order valence-corrected chi connectivity index (χ2v) is 7.51. The molecule has 0 aliphatic carbocycles. The first-order valence-corrected chi connectivity index (χ1v) is 10.7. The van der Waals surface area contributed by atoms with E-state index in [2.05, 4.69) is 10.1 Å². The maximum atomic E-state index is 11.0. The van der Waals surface area contributed by atoms with Crippen molar-refractivity contribution in [2.75, 3.05) is 13.7 Å². The minimum absolute atomic E-state index is 0.0119. The summed E-state index contributed by atoms with van der Waals surface area (Å²) >= 11 is 1.50. The fourth-order valence-corrected chi connectivity index (χ4v) is 3.98. The molecule has 0 aliphatic rings. The van der Waals surface area contributed by atoms with Crippen molar-refractivity contribution in [3.8, 4) is 28.3 Å². The van der Waals surface area contributed by atoms with Gasteiger partial charge in [0.2, 0.25) is 4.80 Å². The van der Waals surface area contributed by atoms with Crippen molar-refractivity contribution >= 4 is 23.2 Å². The Morgan fingerprint density at radius 3 is 2.69 bits per heavy atom. The molecule has 0 spiro atoms. The van der Waals surface area contributed by atoms with Crippen LogP contribution in [0.1, 0.15) is 12.7 Å². The second-order valence-electron chi connectivity index (χ2n) is 6.67. The fraction of sp³-hybridized carbons (Fsp3) is 0.130. The number of methoxy groups -OCH3 is 1. The van der Waals surface area contributed by atoms with Crippen LogP contribution in [0.4, 0.5) is 5.69 Å². The van der Waals surface area contributed by atoms with Crippen molar-refractivity contribution in [1.29, 1.82) is 0 Å². The Bertz CT molecular complexity index is 1330. The number of furan rings is 1. The molecule has 0 saturated heterocycles. The van der Waals surface area contributed by atoms with Gasteiger partial charge >= 0.3 is 0 Å². The number of nitro groups is 1. The molecule has 4 rings (SSSR count). The van der Waals surface area contributed by atoms with E-state index >= 15 is 0 Å². The highest BCUT2D eigenvalue weighted by molar-refractivity contribution is 7.07. The van der Waals surface area contributed by atoms with Crippen LogP contribution in [0.25, 0.3) is 22.6 Å². The molecule has 0 saturated carbocycles. The summed E-state index contributed by atoms with van der Waals surface area (Å²) in [5, 5.41) is 17.6. The van der Waals surface area contributed by atoms with Crippen molar-refractivity contribution in [2.24, 2.45) is 10.1 Å². The van der Waals surface area contributed by atoms with Gasteiger partial charge in [0.15, 0.2) is 0 Å². The van der Waals surface area contributed by atoms with Crippen molar-refractivity contribution in [3.05, 3.63) is 86.7 Å². The van der Waals surface area contributed by atoms with Crippen molar-refractivity contribution in [1.82, 2.24) is 4.68 Å². The number of non-ortho nitro benzene ring substituents is 1. The molecule has 0 bridgehead atoms. The molecule has 32 heavy (non-hydrogen) atoms. The third-order valence-corrected chi connectivity index (χ3v) is 5.49. The summed E-state index contributed by atoms with van der Waals surface area (Å²) in [6, 6.07) is 17.6. The standard InChI is InChI=1S/C23H20N4O4S/c1-3-24-23-26(21(15-32-23)16-7-9-19(30-2)10-8-16)25-14-20-11-12-22(31-20)17-5-4-6-18(13-17)27(28)29/h4-15H,3H2,1-2H3. The number of nitrogens with zero attached hydrogens (tertiary/aromatic N) is 4. The smallest absolute Gasteiger partial charge is 0.270 e. The van der Waals surface area contributed by atoms with Gasteiger partial charge in [0.1, 0.15) is 17.3 Å². The quantitative estimate of drug-likeness (QED) is 0.221. The Morgan fingerprint density at radius 1 is 1.16 bits per heavy atom. The third-order valence-electron chi connectivity index (χ3n) is 4.63. The molecular formula is C23H20N4O4S. The molecule has 0 fully saturated rings. The van der Waals surface area contributed by atoms with Gasteiger partial charge < -0.3 is 9.15 Å². The summed E-state index contributed by atoms with van der Waals surface area (Å²) in [6.07, 6.45) is 1.61. The number of thiazole rings is 1. The molecule has 8 nitrogen and oxygen atoms in total. The summed E-state index contributed by atoms with van der Waals surface area (Å²) in [6.45, 7) is 2.61. The lowest BCUT2D eigenvalue weighted by Gasteiger charge is -2.04. The lowest BCUT2D eigenvalue weighted by Crippen LogP contribution is -2.12. The predicted molar refractivity (Wildman–Crippen MR) is 124 cm³/mol. The first-order chi connectivity index (χ1) is 15.6. The number of ether oxygens (including phenoxy) is 1. The Balaban J connectivity index is 1.66. The van der Waals surface area contributed by atoms with Gasteiger partial charge in [-0.2, -0.15) is 5.10 Å². The van der Waals surface area contributed by atoms with Gasteiger partial charge in [0, 0.05) is 35.2 Å². The van der Waals surface area contributed by atoms with Gasteiger partial charge in [-0.15, -0.1) is 11.3 Å². The van der Waals surface area contributed by atoms with Crippen LogP contribution in [0.5, 0.6) is 5.75 Å². The largest absolute Gasteiger partial charge is 0.497 e. The van der Waals surface area contributed by atoms with Crippen molar-refractivity contribution in [2.45, 2.75) is 6.92 Å². The molecule has 2 aromatic carbocycles. The molecule has 0 atom stereocenters. The van der Waals surface area contributed by atoms with Gasteiger partial charge in [-0.05, 0) is 43.3 Å². The number of hydrogen-bond donors (Lipinski definition) is 0. The van der Waals surface area contributed by atoms with E-state index in [9.17, 15) is 10.1 Å². The van der Waals surface area contributed by atoms with Gasteiger partial charge in [0.05, 0.1) is 23.9 Å². The van der Waals surface area contributed by atoms with Crippen molar-refractivity contribution in [3.63, 3.8) is 0 Å². The lowest BCUT2D eigenvalue weighted by molar-refractivity contribution is -0.384. The highest BCUT2D eigenvalue weighted by Gasteiger charge is 2.11. The van der Waals surface area contributed by atoms with E-state index < -0.39 is 4.92 Å². The van der Waals surface area contributed by atoms with E-state index in [1.165, 1.54) is 23.5 Å². The van der Waals surface area contributed by atoms with Gasteiger partial charge in [0.25, 0.3) is 5.69 Å². The maximum Gasteiger partial charge on any atom is 0.270 e. The lowest BCUT2D eigenvalue weighted by atomic mass is 10.1. The molecule has 162 valence electrons. The summed E-state index contributed by atoms with van der Waals surface area (Å²) in [5.74, 6) is 1.83. The molecule has 0 unspecified atom stereocenters. The average molecular weight is 449 g/mol. The van der Waals surface area contributed by atoms with E-state index in [1.54, 1.807) is 42.3 Å². The van der Waals surface area contributed by atoms with Crippen LogP contribution < -0.4 is 9.54 Å². The van der Waals surface area contributed by atoms with Crippen LogP contribution in [0.2, 0.25) is 0 Å². The summed E-state index contributed by atoms with van der Waals surface area (Å²) in [7, 11) is 1.63. The maximum absolute atomic E-state index is 11.0. The Kier molecular flexibility index (Phi) is 6.27. The zero-order valence-electron chi connectivity index (χ0n) is 17.5.